The van der Waals surface area contributed by atoms with Crippen molar-refractivity contribution in [3.05, 3.63) is 0 Å². The van der Waals surface area contributed by atoms with E-state index in [1.54, 1.807) is 13.8 Å². The quantitative estimate of drug-likeness (QED) is 0.698. The number of aliphatic carboxylic acids is 1. The summed E-state index contributed by atoms with van der Waals surface area (Å²) in [7, 11) is -3.29. The lowest BCUT2D eigenvalue weighted by Gasteiger charge is -2.22. The molecule has 0 saturated heterocycles. The van der Waals surface area contributed by atoms with E-state index in [1.807, 2.05) is 0 Å². The summed E-state index contributed by atoms with van der Waals surface area (Å²) in [5.41, 5.74) is 0. The summed E-state index contributed by atoms with van der Waals surface area (Å²) < 4.78 is 23.4. The van der Waals surface area contributed by atoms with Gasteiger partial charge in [0.1, 0.15) is 0 Å². The highest BCUT2D eigenvalue weighted by molar-refractivity contribution is 7.88. The molecular formula is C7H15NO4S. The first-order chi connectivity index (χ1) is 5.75. The zero-order valence-electron chi connectivity index (χ0n) is 8.02. The molecular weight excluding hydrogens is 194 g/mol. The fourth-order valence-corrected chi connectivity index (χ4v) is 2.20. The Bertz CT molecular complexity index is 270. The highest BCUT2D eigenvalue weighted by atomic mass is 32.2. The van der Waals surface area contributed by atoms with Crippen LogP contribution in [0, 0.1) is 0 Å². The predicted octanol–water partition coefficient (Wildman–Crippen LogP) is 0.131. The molecule has 0 amide bonds. The van der Waals surface area contributed by atoms with Crippen molar-refractivity contribution in [1.29, 1.82) is 0 Å². The predicted molar refractivity (Wildman–Crippen MR) is 48.9 cm³/mol. The Morgan fingerprint density at radius 2 is 1.92 bits per heavy atom. The normalized spacial score (nSPS) is 12.4. The number of rotatable bonds is 5. The molecule has 13 heavy (non-hydrogen) atoms. The largest absolute Gasteiger partial charge is 0.481 e. The molecule has 0 heterocycles. The van der Waals surface area contributed by atoms with Crippen LogP contribution in [0.3, 0.4) is 0 Å². The molecule has 0 saturated carbocycles. The van der Waals surface area contributed by atoms with Gasteiger partial charge in [-0.2, -0.15) is 4.31 Å². The van der Waals surface area contributed by atoms with Gasteiger partial charge < -0.3 is 5.11 Å². The van der Waals surface area contributed by atoms with E-state index in [2.05, 4.69) is 0 Å². The van der Waals surface area contributed by atoms with E-state index in [9.17, 15) is 13.2 Å². The highest BCUT2D eigenvalue weighted by Gasteiger charge is 2.20. The Labute approximate surface area is 78.4 Å². The summed E-state index contributed by atoms with van der Waals surface area (Å²) in [6.45, 7) is 3.46. The van der Waals surface area contributed by atoms with E-state index < -0.39 is 16.0 Å². The number of hydrogen-bond donors (Lipinski definition) is 1. The molecule has 0 atom stereocenters. The molecule has 0 fully saturated rings. The second kappa shape index (κ2) is 4.57. The van der Waals surface area contributed by atoms with Gasteiger partial charge in [-0.25, -0.2) is 8.42 Å². The van der Waals surface area contributed by atoms with E-state index >= 15 is 0 Å². The van der Waals surface area contributed by atoms with E-state index in [4.69, 9.17) is 5.11 Å². The molecule has 1 N–H and O–H groups in total. The zero-order valence-corrected chi connectivity index (χ0v) is 8.84. The molecule has 0 bridgehead atoms. The average molecular weight is 209 g/mol. The Morgan fingerprint density at radius 3 is 2.15 bits per heavy atom. The van der Waals surface area contributed by atoms with Crippen molar-refractivity contribution in [2.24, 2.45) is 0 Å². The Hall–Kier alpha value is -0.620. The van der Waals surface area contributed by atoms with Crippen LogP contribution in [0.4, 0.5) is 0 Å². The molecule has 6 heteroatoms. The minimum Gasteiger partial charge on any atom is -0.481 e. The number of sulfonamides is 1. The van der Waals surface area contributed by atoms with Gasteiger partial charge in [0.2, 0.25) is 10.0 Å². The van der Waals surface area contributed by atoms with Crippen molar-refractivity contribution in [2.45, 2.75) is 26.3 Å². The minimum atomic E-state index is -3.29. The SMILES string of the molecule is CC(C)N(CCC(=O)O)S(C)(=O)=O. The summed E-state index contributed by atoms with van der Waals surface area (Å²) in [4.78, 5) is 10.2. The van der Waals surface area contributed by atoms with Gasteiger partial charge in [0.05, 0.1) is 12.7 Å². The smallest absolute Gasteiger partial charge is 0.304 e. The van der Waals surface area contributed by atoms with Gasteiger partial charge in [-0.05, 0) is 13.8 Å². The van der Waals surface area contributed by atoms with Crippen LogP contribution in [0.2, 0.25) is 0 Å². The van der Waals surface area contributed by atoms with E-state index in [0.29, 0.717) is 0 Å². The summed E-state index contributed by atoms with van der Waals surface area (Å²) in [6, 6.07) is -0.200. The molecule has 5 nitrogen and oxygen atoms in total. The first kappa shape index (κ1) is 12.4. The first-order valence-electron chi connectivity index (χ1n) is 3.93. The van der Waals surface area contributed by atoms with Crippen LogP contribution in [0.25, 0.3) is 0 Å². The third-order valence-electron chi connectivity index (χ3n) is 1.55. The molecule has 0 aromatic carbocycles. The molecule has 0 rings (SSSR count). The van der Waals surface area contributed by atoms with Crippen molar-refractivity contribution in [3.8, 4) is 0 Å². The zero-order chi connectivity index (χ0) is 10.6. The van der Waals surface area contributed by atoms with Gasteiger partial charge in [0.15, 0.2) is 0 Å². The molecule has 0 radical (unpaired) electrons. The molecule has 0 spiro atoms. The monoisotopic (exact) mass is 209 g/mol. The molecule has 78 valence electrons. The van der Waals surface area contributed by atoms with Gasteiger partial charge in [0.25, 0.3) is 0 Å². The van der Waals surface area contributed by atoms with Gasteiger partial charge in [-0.3, -0.25) is 4.79 Å². The number of hydrogen-bond acceptors (Lipinski definition) is 3. The molecule has 0 aromatic rings. The van der Waals surface area contributed by atoms with E-state index in [1.165, 1.54) is 4.31 Å². The standard InChI is InChI=1S/C7H15NO4S/c1-6(2)8(13(3,11)12)5-4-7(9)10/h6H,4-5H2,1-3H3,(H,9,10). The second-order valence-electron chi connectivity index (χ2n) is 3.11. The fourth-order valence-electron chi connectivity index (χ4n) is 1.01. The third-order valence-corrected chi connectivity index (χ3v) is 3.00. The van der Waals surface area contributed by atoms with Crippen LogP contribution >= 0.6 is 0 Å². The maximum absolute atomic E-state index is 11.1. The van der Waals surface area contributed by atoms with Crippen LogP contribution in [0.5, 0.6) is 0 Å². The van der Waals surface area contributed by atoms with Crippen molar-refractivity contribution >= 4 is 16.0 Å². The van der Waals surface area contributed by atoms with Crippen molar-refractivity contribution in [1.82, 2.24) is 4.31 Å². The Morgan fingerprint density at radius 1 is 1.46 bits per heavy atom. The topological polar surface area (TPSA) is 74.7 Å². The Balaban J connectivity index is 4.38. The number of carbonyl (C=O) groups is 1. The van der Waals surface area contributed by atoms with Crippen molar-refractivity contribution < 1.29 is 18.3 Å². The molecule has 0 aliphatic heterocycles. The van der Waals surface area contributed by atoms with E-state index in [0.717, 1.165) is 6.26 Å². The maximum Gasteiger partial charge on any atom is 0.304 e. The average Bonchev–Trinajstić information content (AvgIpc) is 1.81. The summed E-state index contributed by atoms with van der Waals surface area (Å²) in [5.74, 6) is -0.991. The lowest BCUT2D eigenvalue weighted by Crippen LogP contribution is -2.37. The van der Waals surface area contributed by atoms with Crippen LogP contribution in [-0.4, -0.2) is 42.6 Å². The maximum atomic E-state index is 11.1. The fraction of sp³-hybridized carbons (Fsp3) is 0.857. The van der Waals surface area contributed by atoms with Crippen molar-refractivity contribution in [3.63, 3.8) is 0 Å². The number of carboxylic acids is 1. The van der Waals surface area contributed by atoms with Crippen LogP contribution < -0.4 is 0 Å². The molecule has 0 aromatic heterocycles. The summed E-state index contributed by atoms with van der Waals surface area (Å²) in [6.07, 6.45) is 0.917. The highest BCUT2D eigenvalue weighted by Crippen LogP contribution is 2.05. The molecule has 0 unspecified atom stereocenters. The van der Waals surface area contributed by atoms with E-state index in [-0.39, 0.29) is 19.0 Å². The number of carboxylic acid groups (broad SMARTS) is 1. The van der Waals surface area contributed by atoms with Crippen LogP contribution in [-0.2, 0) is 14.8 Å². The molecule has 0 aliphatic rings. The molecule has 0 aliphatic carbocycles. The van der Waals surface area contributed by atoms with Gasteiger partial charge in [-0.15, -0.1) is 0 Å². The summed E-state index contributed by atoms with van der Waals surface area (Å²) >= 11 is 0. The van der Waals surface area contributed by atoms with Gasteiger partial charge >= 0.3 is 5.97 Å². The van der Waals surface area contributed by atoms with Crippen molar-refractivity contribution in [2.75, 3.05) is 12.8 Å². The lowest BCUT2D eigenvalue weighted by atomic mass is 10.3. The number of nitrogens with zero attached hydrogens (tertiary/aromatic N) is 1. The van der Waals surface area contributed by atoms with Crippen LogP contribution in [0.15, 0.2) is 0 Å². The van der Waals surface area contributed by atoms with Gasteiger partial charge in [-0.1, -0.05) is 0 Å². The van der Waals surface area contributed by atoms with Gasteiger partial charge in [0, 0.05) is 12.6 Å². The van der Waals surface area contributed by atoms with Crippen LogP contribution in [0.1, 0.15) is 20.3 Å². The minimum absolute atomic E-state index is 0.0336. The Kier molecular flexibility index (Phi) is 4.35. The summed E-state index contributed by atoms with van der Waals surface area (Å²) in [5, 5.41) is 8.39. The first-order valence-corrected chi connectivity index (χ1v) is 5.78. The third kappa shape index (κ3) is 4.84. The lowest BCUT2D eigenvalue weighted by molar-refractivity contribution is -0.137. The second-order valence-corrected chi connectivity index (χ2v) is 5.05.